The number of benzene rings is 1. The summed E-state index contributed by atoms with van der Waals surface area (Å²) in [6, 6.07) is 9.97. The van der Waals surface area contributed by atoms with Crippen LogP contribution < -0.4 is 10.5 Å². The Balaban J connectivity index is 2.48. The molecule has 0 amide bonds. The second-order valence-electron chi connectivity index (χ2n) is 4.48. The molecule has 4 heteroatoms. The van der Waals surface area contributed by atoms with E-state index in [0.717, 1.165) is 22.6 Å². The molecule has 0 spiro atoms. The van der Waals surface area contributed by atoms with Crippen LogP contribution in [0.1, 0.15) is 22.4 Å². The maximum Gasteiger partial charge on any atom is 0.123 e. The van der Waals surface area contributed by atoms with Gasteiger partial charge in [-0.3, -0.25) is 0 Å². The summed E-state index contributed by atoms with van der Waals surface area (Å²) in [6.07, 6.45) is 0. The van der Waals surface area contributed by atoms with Crippen LogP contribution in [0.5, 0.6) is 5.75 Å². The Morgan fingerprint density at radius 1 is 1.32 bits per heavy atom. The topological polar surface area (TPSA) is 64.0 Å². The molecule has 0 saturated carbocycles. The average molecular weight is 255 g/mol. The lowest BCUT2D eigenvalue weighted by atomic mass is 10.2. The van der Waals surface area contributed by atoms with Crippen molar-refractivity contribution >= 4 is 5.82 Å². The highest BCUT2D eigenvalue weighted by molar-refractivity contribution is 5.58. The number of methoxy groups -OCH3 is 1. The van der Waals surface area contributed by atoms with Crippen LogP contribution in [-0.2, 0) is 6.54 Å². The molecular formula is C15H17N3O. The Morgan fingerprint density at radius 3 is 2.58 bits per heavy atom. The number of rotatable bonds is 3. The van der Waals surface area contributed by atoms with Gasteiger partial charge in [-0.2, -0.15) is 5.26 Å². The van der Waals surface area contributed by atoms with Gasteiger partial charge in [0.15, 0.2) is 0 Å². The van der Waals surface area contributed by atoms with Gasteiger partial charge in [0.05, 0.1) is 19.2 Å². The summed E-state index contributed by atoms with van der Waals surface area (Å²) in [5, 5.41) is 9.14. The summed E-state index contributed by atoms with van der Waals surface area (Å²) in [5.74, 6) is 1.34. The summed E-state index contributed by atoms with van der Waals surface area (Å²) >= 11 is 0. The molecule has 98 valence electrons. The molecule has 0 aliphatic heterocycles. The molecule has 0 aliphatic rings. The van der Waals surface area contributed by atoms with Gasteiger partial charge in [-0.25, -0.2) is 0 Å². The first kappa shape index (κ1) is 13.0. The molecule has 19 heavy (non-hydrogen) atoms. The highest BCUT2D eigenvalue weighted by Crippen LogP contribution is 2.26. The number of nitriles is 1. The third-order valence-electron chi connectivity index (χ3n) is 3.50. The van der Waals surface area contributed by atoms with Crippen molar-refractivity contribution in [3.63, 3.8) is 0 Å². The SMILES string of the molecule is COc1ccccc1Cn1c(C)c(C)c(C#N)c1N. The second-order valence-corrected chi connectivity index (χ2v) is 4.48. The number of anilines is 1. The van der Waals surface area contributed by atoms with E-state index in [9.17, 15) is 0 Å². The highest BCUT2D eigenvalue weighted by atomic mass is 16.5. The van der Waals surface area contributed by atoms with E-state index < -0.39 is 0 Å². The molecule has 0 bridgehead atoms. The Kier molecular flexibility index (Phi) is 3.48. The zero-order valence-electron chi connectivity index (χ0n) is 11.4. The number of nitrogens with two attached hydrogens (primary N) is 1. The number of para-hydroxylation sites is 1. The monoisotopic (exact) mass is 255 g/mol. The van der Waals surface area contributed by atoms with Gasteiger partial charge in [0.2, 0.25) is 0 Å². The van der Waals surface area contributed by atoms with Crippen molar-refractivity contribution in [1.82, 2.24) is 4.57 Å². The molecule has 4 nitrogen and oxygen atoms in total. The molecule has 0 radical (unpaired) electrons. The zero-order valence-corrected chi connectivity index (χ0v) is 11.4. The predicted octanol–water partition coefficient (Wildman–Crippen LogP) is 2.62. The fraction of sp³-hybridized carbons (Fsp3) is 0.267. The lowest BCUT2D eigenvalue weighted by molar-refractivity contribution is 0.408. The number of aromatic nitrogens is 1. The van der Waals surface area contributed by atoms with Crippen LogP contribution in [0.2, 0.25) is 0 Å². The molecule has 0 atom stereocenters. The largest absolute Gasteiger partial charge is 0.496 e. The van der Waals surface area contributed by atoms with Crippen molar-refractivity contribution in [1.29, 1.82) is 5.26 Å². The first-order valence-corrected chi connectivity index (χ1v) is 6.07. The van der Waals surface area contributed by atoms with E-state index in [-0.39, 0.29) is 0 Å². The van der Waals surface area contributed by atoms with Crippen molar-refractivity contribution < 1.29 is 4.74 Å². The molecule has 0 saturated heterocycles. The third-order valence-corrected chi connectivity index (χ3v) is 3.50. The van der Waals surface area contributed by atoms with Crippen LogP contribution in [0.15, 0.2) is 24.3 Å². The molecule has 1 aromatic carbocycles. The molecule has 2 N–H and O–H groups in total. The maximum absolute atomic E-state index is 9.14. The smallest absolute Gasteiger partial charge is 0.123 e. The van der Waals surface area contributed by atoms with E-state index in [4.69, 9.17) is 15.7 Å². The van der Waals surface area contributed by atoms with Gasteiger partial charge >= 0.3 is 0 Å². The van der Waals surface area contributed by atoms with E-state index in [1.54, 1.807) is 7.11 Å². The number of hydrogen-bond donors (Lipinski definition) is 1. The second kappa shape index (κ2) is 5.07. The first-order valence-electron chi connectivity index (χ1n) is 6.07. The van der Waals surface area contributed by atoms with Gasteiger partial charge in [0, 0.05) is 11.3 Å². The van der Waals surface area contributed by atoms with Crippen LogP contribution in [0.25, 0.3) is 0 Å². The van der Waals surface area contributed by atoms with E-state index in [1.165, 1.54) is 0 Å². The summed E-state index contributed by atoms with van der Waals surface area (Å²) in [5.41, 5.74) is 9.61. The number of hydrogen-bond acceptors (Lipinski definition) is 3. The number of nitrogen functional groups attached to an aromatic ring is 1. The normalized spacial score (nSPS) is 10.2. The molecule has 2 rings (SSSR count). The Morgan fingerprint density at radius 2 is 2.00 bits per heavy atom. The Hall–Kier alpha value is -2.41. The fourth-order valence-corrected chi connectivity index (χ4v) is 2.24. The minimum Gasteiger partial charge on any atom is -0.496 e. The minimum atomic E-state index is 0.517. The number of ether oxygens (including phenoxy) is 1. The lowest BCUT2D eigenvalue weighted by Crippen LogP contribution is -2.07. The molecule has 0 fully saturated rings. The van der Waals surface area contributed by atoms with Crippen molar-refractivity contribution in [2.24, 2.45) is 0 Å². The van der Waals surface area contributed by atoms with Gasteiger partial charge < -0.3 is 15.0 Å². The van der Waals surface area contributed by atoms with Crippen molar-refractivity contribution in [2.75, 3.05) is 12.8 Å². The van der Waals surface area contributed by atoms with Crippen molar-refractivity contribution in [2.45, 2.75) is 20.4 Å². The number of nitrogens with zero attached hydrogens (tertiary/aromatic N) is 2. The van der Waals surface area contributed by atoms with Gasteiger partial charge in [-0.15, -0.1) is 0 Å². The quantitative estimate of drug-likeness (QED) is 0.916. The van der Waals surface area contributed by atoms with E-state index in [0.29, 0.717) is 17.9 Å². The predicted molar refractivity (Wildman–Crippen MR) is 75.1 cm³/mol. The molecule has 0 unspecified atom stereocenters. The van der Waals surface area contributed by atoms with Gasteiger partial charge in [-0.1, -0.05) is 18.2 Å². The summed E-state index contributed by atoms with van der Waals surface area (Å²) in [7, 11) is 1.65. The molecule has 1 heterocycles. The van der Waals surface area contributed by atoms with Gasteiger partial charge in [-0.05, 0) is 25.5 Å². The lowest BCUT2D eigenvalue weighted by Gasteiger charge is -2.12. The van der Waals surface area contributed by atoms with Crippen LogP contribution in [0.3, 0.4) is 0 Å². The third kappa shape index (κ3) is 2.15. The fourth-order valence-electron chi connectivity index (χ4n) is 2.24. The average Bonchev–Trinajstić information content (AvgIpc) is 2.63. The van der Waals surface area contributed by atoms with Gasteiger partial charge in [0.25, 0.3) is 0 Å². The van der Waals surface area contributed by atoms with Gasteiger partial charge in [0.1, 0.15) is 17.6 Å². The van der Waals surface area contributed by atoms with Crippen LogP contribution in [-0.4, -0.2) is 11.7 Å². The van der Waals surface area contributed by atoms with Crippen molar-refractivity contribution in [3.05, 3.63) is 46.6 Å². The Bertz CT molecular complexity index is 650. The molecular weight excluding hydrogens is 238 g/mol. The van der Waals surface area contributed by atoms with Crippen LogP contribution in [0, 0.1) is 25.2 Å². The van der Waals surface area contributed by atoms with Crippen LogP contribution in [0.4, 0.5) is 5.82 Å². The van der Waals surface area contributed by atoms with E-state index in [1.807, 2.05) is 42.7 Å². The first-order chi connectivity index (χ1) is 9.10. The zero-order chi connectivity index (χ0) is 14.0. The summed E-state index contributed by atoms with van der Waals surface area (Å²) < 4.78 is 7.29. The highest BCUT2D eigenvalue weighted by Gasteiger charge is 2.16. The summed E-state index contributed by atoms with van der Waals surface area (Å²) in [6.45, 7) is 4.50. The molecule has 0 aliphatic carbocycles. The Labute approximate surface area is 113 Å². The summed E-state index contributed by atoms with van der Waals surface area (Å²) in [4.78, 5) is 0. The van der Waals surface area contributed by atoms with Crippen molar-refractivity contribution in [3.8, 4) is 11.8 Å². The molecule has 2 aromatic rings. The molecule has 1 aromatic heterocycles. The standard InChI is InChI=1S/C15H17N3O/c1-10-11(2)18(15(17)13(10)8-16)9-12-6-4-5-7-14(12)19-3/h4-7H,9,17H2,1-3H3. The van der Waals surface area contributed by atoms with Crippen LogP contribution >= 0.6 is 0 Å². The van der Waals surface area contributed by atoms with E-state index in [2.05, 4.69) is 6.07 Å². The van der Waals surface area contributed by atoms with E-state index >= 15 is 0 Å². The maximum atomic E-state index is 9.14. The minimum absolute atomic E-state index is 0.517.